The maximum atomic E-state index is 14.7. The van der Waals surface area contributed by atoms with Gasteiger partial charge in [0.1, 0.15) is 11.9 Å². The molecule has 164 valence electrons. The van der Waals surface area contributed by atoms with Crippen molar-refractivity contribution in [1.29, 1.82) is 5.26 Å². The van der Waals surface area contributed by atoms with E-state index in [1.807, 2.05) is 6.92 Å². The molecule has 3 aromatic rings. The van der Waals surface area contributed by atoms with Crippen molar-refractivity contribution >= 4 is 22.7 Å². The summed E-state index contributed by atoms with van der Waals surface area (Å²) in [4.78, 5) is 29.2. The standard InChI is InChI=1S/C25H25FN4O2/c1-3-24(31)29-18-8-9-19(10-18)30(2)25(32)16-6-4-15(5-7-16)20-11-21-17(13-27)14-28-23(21)12-22(20)26/h4-7,11-12,14,18-19,28H,3,8-10H2,1-2H3,(H,29,31)/t18-,19+/m0/s1. The van der Waals surface area contributed by atoms with Gasteiger partial charge in [-0.1, -0.05) is 19.1 Å². The smallest absolute Gasteiger partial charge is 0.253 e. The van der Waals surface area contributed by atoms with Crippen LogP contribution < -0.4 is 5.32 Å². The lowest BCUT2D eigenvalue weighted by Crippen LogP contribution is -2.38. The number of halogens is 1. The Kier molecular flexibility index (Phi) is 5.95. The Balaban J connectivity index is 1.50. The SMILES string of the molecule is CCC(=O)N[C@H]1CC[C@@H](N(C)C(=O)c2ccc(-c3cc4c(C#N)c[nH]c4cc3F)cc2)C1. The van der Waals surface area contributed by atoms with Gasteiger partial charge >= 0.3 is 0 Å². The molecule has 2 N–H and O–H groups in total. The summed E-state index contributed by atoms with van der Waals surface area (Å²) in [5.41, 5.74) is 2.57. The number of aromatic amines is 1. The molecular weight excluding hydrogens is 407 g/mol. The van der Waals surface area contributed by atoms with Gasteiger partial charge in [-0.2, -0.15) is 5.26 Å². The van der Waals surface area contributed by atoms with Crippen LogP contribution in [0.25, 0.3) is 22.0 Å². The summed E-state index contributed by atoms with van der Waals surface area (Å²) in [6, 6.07) is 12.2. The summed E-state index contributed by atoms with van der Waals surface area (Å²) < 4.78 is 14.7. The van der Waals surface area contributed by atoms with Crippen molar-refractivity contribution < 1.29 is 14.0 Å². The molecule has 1 aliphatic carbocycles. The van der Waals surface area contributed by atoms with Crippen molar-refractivity contribution in [3.8, 4) is 17.2 Å². The molecule has 1 aliphatic rings. The summed E-state index contributed by atoms with van der Waals surface area (Å²) in [5.74, 6) is -0.462. The molecule has 4 rings (SSSR count). The van der Waals surface area contributed by atoms with E-state index < -0.39 is 5.82 Å². The predicted octanol–water partition coefficient (Wildman–Crippen LogP) is 4.36. The van der Waals surface area contributed by atoms with E-state index in [2.05, 4.69) is 16.4 Å². The molecule has 0 spiro atoms. The Morgan fingerprint density at radius 3 is 2.69 bits per heavy atom. The summed E-state index contributed by atoms with van der Waals surface area (Å²) in [5, 5.41) is 12.9. The summed E-state index contributed by atoms with van der Waals surface area (Å²) in [6.45, 7) is 1.83. The molecular formula is C25H25FN4O2. The van der Waals surface area contributed by atoms with E-state index in [9.17, 15) is 19.2 Å². The van der Waals surface area contributed by atoms with Gasteiger partial charge in [-0.3, -0.25) is 9.59 Å². The van der Waals surface area contributed by atoms with Gasteiger partial charge in [-0.25, -0.2) is 4.39 Å². The van der Waals surface area contributed by atoms with E-state index in [1.54, 1.807) is 48.5 Å². The van der Waals surface area contributed by atoms with Crippen LogP contribution in [0.1, 0.15) is 48.5 Å². The zero-order valence-corrected chi connectivity index (χ0v) is 18.1. The maximum absolute atomic E-state index is 14.7. The van der Waals surface area contributed by atoms with E-state index in [0.29, 0.717) is 39.6 Å². The van der Waals surface area contributed by atoms with Crippen molar-refractivity contribution in [3.05, 3.63) is 59.5 Å². The third-order valence-corrected chi connectivity index (χ3v) is 6.29. The highest BCUT2D eigenvalue weighted by Gasteiger charge is 2.30. The van der Waals surface area contributed by atoms with E-state index in [-0.39, 0.29) is 23.9 Å². The van der Waals surface area contributed by atoms with Gasteiger partial charge in [0.05, 0.1) is 5.56 Å². The molecule has 7 heteroatoms. The van der Waals surface area contributed by atoms with E-state index in [4.69, 9.17) is 0 Å². The van der Waals surface area contributed by atoms with Gasteiger partial charge in [0.15, 0.2) is 0 Å². The lowest BCUT2D eigenvalue weighted by atomic mass is 10.0. The van der Waals surface area contributed by atoms with Crippen LogP contribution in [0, 0.1) is 17.1 Å². The summed E-state index contributed by atoms with van der Waals surface area (Å²) in [7, 11) is 1.79. The average Bonchev–Trinajstić information content (AvgIpc) is 3.44. The van der Waals surface area contributed by atoms with Crippen molar-refractivity contribution in [1.82, 2.24) is 15.2 Å². The molecule has 1 heterocycles. The first-order valence-corrected chi connectivity index (χ1v) is 10.8. The van der Waals surface area contributed by atoms with Gasteiger partial charge in [0.25, 0.3) is 5.91 Å². The molecule has 0 unspecified atom stereocenters. The first kappa shape index (κ1) is 21.6. The normalized spacial score (nSPS) is 17.8. The highest BCUT2D eigenvalue weighted by molar-refractivity contribution is 5.95. The summed E-state index contributed by atoms with van der Waals surface area (Å²) >= 11 is 0. The van der Waals surface area contributed by atoms with Crippen LogP contribution in [0.15, 0.2) is 42.6 Å². The zero-order chi connectivity index (χ0) is 22.8. The quantitative estimate of drug-likeness (QED) is 0.628. The number of nitrogens with one attached hydrogen (secondary N) is 2. The number of rotatable bonds is 5. The number of carbonyl (C=O) groups excluding carboxylic acids is 2. The fourth-order valence-electron chi connectivity index (χ4n) is 4.39. The Morgan fingerprint density at radius 2 is 2.00 bits per heavy atom. The second-order valence-corrected chi connectivity index (χ2v) is 8.27. The number of H-pyrrole nitrogens is 1. The minimum absolute atomic E-state index is 0.0344. The van der Waals surface area contributed by atoms with Crippen molar-refractivity contribution in [3.63, 3.8) is 0 Å². The van der Waals surface area contributed by atoms with Crippen LogP contribution in [0.4, 0.5) is 4.39 Å². The molecule has 1 fully saturated rings. The van der Waals surface area contributed by atoms with Crippen LogP contribution in [-0.2, 0) is 4.79 Å². The number of aromatic nitrogens is 1. The zero-order valence-electron chi connectivity index (χ0n) is 18.1. The molecule has 0 bridgehead atoms. The van der Waals surface area contributed by atoms with E-state index >= 15 is 0 Å². The second-order valence-electron chi connectivity index (χ2n) is 8.27. The van der Waals surface area contributed by atoms with Crippen molar-refractivity contribution in [2.24, 2.45) is 0 Å². The average molecular weight is 432 g/mol. The van der Waals surface area contributed by atoms with Crippen LogP contribution in [-0.4, -0.2) is 40.8 Å². The first-order valence-electron chi connectivity index (χ1n) is 10.8. The fourth-order valence-corrected chi connectivity index (χ4v) is 4.39. The minimum atomic E-state index is -0.397. The number of hydrogen-bond donors (Lipinski definition) is 2. The number of amides is 2. The molecule has 2 aromatic carbocycles. The predicted molar refractivity (Wildman–Crippen MR) is 120 cm³/mol. The third-order valence-electron chi connectivity index (χ3n) is 6.29. The maximum Gasteiger partial charge on any atom is 0.253 e. The minimum Gasteiger partial charge on any atom is -0.360 e. The number of nitriles is 1. The molecule has 6 nitrogen and oxygen atoms in total. The van der Waals surface area contributed by atoms with Gasteiger partial charge in [0.2, 0.25) is 5.91 Å². The van der Waals surface area contributed by atoms with Crippen molar-refractivity contribution in [2.75, 3.05) is 7.05 Å². The monoisotopic (exact) mass is 432 g/mol. The molecule has 1 aromatic heterocycles. The highest BCUT2D eigenvalue weighted by Crippen LogP contribution is 2.30. The molecule has 0 aliphatic heterocycles. The fraction of sp³-hybridized carbons (Fsp3) is 0.320. The third kappa shape index (κ3) is 4.09. The number of hydrogen-bond acceptors (Lipinski definition) is 3. The van der Waals surface area contributed by atoms with Crippen LogP contribution in [0.3, 0.4) is 0 Å². The molecule has 0 radical (unpaired) electrons. The largest absolute Gasteiger partial charge is 0.360 e. The number of carbonyl (C=O) groups is 2. The van der Waals surface area contributed by atoms with Crippen LogP contribution in [0.5, 0.6) is 0 Å². The molecule has 2 atom stereocenters. The Bertz CT molecular complexity index is 1210. The molecule has 2 amide bonds. The van der Waals surface area contributed by atoms with Crippen molar-refractivity contribution in [2.45, 2.75) is 44.7 Å². The van der Waals surface area contributed by atoms with Gasteiger partial charge in [-0.15, -0.1) is 0 Å². The Labute approximate surface area is 186 Å². The summed E-state index contributed by atoms with van der Waals surface area (Å²) in [6.07, 6.45) is 4.47. The molecule has 1 saturated carbocycles. The van der Waals surface area contributed by atoms with Crippen LogP contribution in [0.2, 0.25) is 0 Å². The van der Waals surface area contributed by atoms with E-state index in [0.717, 1.165) is 19.3 Å². The van der Waals surface area contributed by atoms with Gasteiger partial charge in [0, 0.05) is 53.8 Å². The van der Waals surface area contributed by atoms with Gasteiger partial charge in [-0.05, 0) is 49.1 Å². The lowest BCUT2D eigenvalue weighted by molar-refractivity contribution is -0.121. The molecule has 32 heavy (non-hydrogen) atoms. The number of nitrogens with zero attached hydrogens (tertiary/aromatic N) is 2. The number of benzene rings is 2. The van der Waals surface area contributed by atoms with Gasteiger partial charge < -0.3 is 15.2 Å². The Morgan fingerprint density at radius 1 is 1.25 bits per heavy atom. The first-order chi connectivity index (χ1) is 15.4. The second kappa shape index (κ2) is 8.83. The number of fused-ring (bicyclic) bond motifs is 1. The Hall–Kier alpha value is -3.66. The van der Waals surface area contributed by atoms with E-state index in [1.165, 1.54) is 6.07 Å². The highest BCUT2D eigenvalue weighted by atomic mass is 19.1. The molecule has 0 saturated heterocycles. The topological polar surface area (TPSA) is 89.0 Å². The lowest BCUT2D eigenvalue weighted by Gasteiger charge is -2.25. The van der Waals surface area contributed by atoms with Crippen LogP contribution >= 0.6 is 0 Å².